The highest BCUT2D eigenvalue weighted by atomic mass is 16.6. The fourth-order valence-electron chi connectivity index (χ4n) is 3.95. The largest absolute Gasteiger partial charge is 0.497 e. The summed E-state index contributed by atoms with van der Waals surface area (Å²) < 4.78 is 10.5. The summed E-state index contributed by atoms with van der Waals surface area (Å²) in [7, 11) is 1.54. The topological polar surface area (TPSA) is 140 Å². The molecule has 40 heavy (non-hydrogen) atoms. The second kappa shape index (κ2) is 14.2. The van der Waals surface area contributed by atoms with Crippen LogP contribution in [0.2, 0.25) is 0 Å². The van der Waals surface area contributed by atoms with Gasteiger partial charge in [0.2, 0.25) is 11.8 Å². The van der Waals surface area contributed by atoms with Gasteiger partial charge in [-0.15, -0.1) is 6.58 Å². The summed E-state index contributed by atoms with van der Waals surface area (Å²) >= 11 is 0. The molecule has 2 aromatic rings. The van der Waals surface area contributed by atoms with E-state index in [0.29, 0.717) is 17.0 Å². The van der Waals surface area contributed by atoms with Crippen LogP contribution in [0.15, 0.2) is 55.1 Å². The number of ether oxygens (including phenoxy) is 2. The Hall–Kier alpha value is -4.34. The summed E-state index contributed by atoms with van der Waals surface area (Å²) in [6.07, 6.45) is 0.409. The van der Waals surface area contributed by atoms with E-state index in [0.717, 1.165) is 11.1 Å². The van der Waals surface area contributed by atoms with Gasteiger partial charge in [-0.05, 0) is 82.0 Å². The highest BCUT2D eigenvalue weighted by molar-refractivity contribution is 5.99. The van der Waals surface area contributed by atoms with Crippen LogP contribution in [0.4, 0.5) is 10.5 Å². The lowest BCUT2D eigenvalue weighted by molar-refractivity contribution is -0.140. The molecule has 0 heterocycles. The minimum Gasteiger partial charge on any atom is -0.497 e. The van der Waals surface area contributed by atoms with Crippen LogP contribution in [0.3, 0.4) is 0 Å². The number of methoxy groups -OCH3 is 1. The zero-order valence-electron chi connectivity index (χ0n) is 24.1. The fourth-order valence-corrected chi connectivity index (χ4v) is 3.95. The molecule has 0 radical (unpaired) electrons. The van der Waals surface area contributed by atoms with E-state index in [1.165, 1.54) is 11.0 Å². The number of carbonyl (C=O) groups is 4. The number of amides is 4. The van der Waals surface area contributed by atoms with Gasteiger partial charge in [-0.2, -0.15) is 0 Å². The molecule has 0 aliphatic heterocycles. The van der Waals surface area contributed by atoms with Gasteiger partial charge in [-0.3, -0.25) is 14.4 Å². The van der Waals surface area contributed by atoms with E-state index >= 15 is 0 Å². The molecule has 2 aromatic carbocycles. The maximum atomic E-state index is 14.0. The number of primary amides is 1. The molecule has 0 saturated heterocycles. The first-order chi connectivity index (χ1) is 18.7. The minimum absolute atomic E-state index is 0.0183. The Kier molecular flexibility index (Phi) is 11.3. The maximum Gasteiger partial charge on any atom is 0.408 e. The van der Waals surface area contributed by atoms with Gasteiger partial charge in [0.05, 0.1) is 7.11 Å². The standard InChI is InChI=1S/C30H40N4O6/c1-8-17-34(28(37)24(15-16-25(31)35)33-29(38)40-30(4,5)6)26(21-10-9-19(2)20(3)18-21)27(36)32-22-11-13-23(39-7)14-12-22/h8-14,18,24,26H,1,15-17H2,2-7H3,(H2,31,35)(H,32,36)(H,33,38). The molecule has 2 rings (SSSR count). The average Bonchev–Trinajstić information content (AvgIpc) is 2.87. The van der Waals surface area contributed by atoms with E-state index in [2.05, 4.69) is 17.2 Å². The highest BCUT2D eigenvalue weighted by Crippen LogP contribution is 2.27. The number of nitrogens with zero attached hydrogens (tertiary/aromatic N) is 1. The molecule has 10 heteroatoms. The molecular formula is C30H40N4O6. The molecule has 0 aliphatic rings. The summed E-state index contributed by atoms with van der Waals surface area (Å²) in [5.74, 6) is -1.09. The predicted molar refractivity (Wildman–Crippen MR) is 154 cm³/mol. The molecular weight excluding hydrogens is 512 g/mol. The number of alkyl carbamates (subject to hydrolysis) is 1. The normalized spacial score (nSPS) is 12.4. The van der Waals surface area contributed by atoms with Crippen LogP contribution in [0.1, 0.15) is 56.3 Å². The van der Waals surface area contributed by atoms with Gasteiger partial charge in [0.15, 0.2) is 0 Å². The smallest absolute Gasteiger partial charge is 0.408 e. The van der Waals surface area contributed by atoms with Crippen molar-refractivity contribution in [3.05, 3.63) is 71.8 Å². The number of nitrogens with one attached hydrogen (secondary N) is 2. The number of carbonyl (C=O) groups excluding carboxylic acids is 4. The maximum absolute atomic E-state index is 14.0. The van der Waals surface area contributed by atoms with Crippen molar-refractivity contribution in [3.8, 4) is 5.75 Å². The highest BCUT2D eigenvalue weighted by Gasteiger charge is 2.36. The molecule has 0 spiro atoms. The molecule has 0 fully saturated rings. The van der Waals surface area contributed by atoms with Crippen molar-refractivity contribution in [2.75, 3.05) is 19.0 Å². The zero-order valence-corrected chi connectivity index (χ0v) is 24.1. The van der Waals surface area contributed by atoms with Gasteiger partial charge in [-0.25, -0.2) is 4.79 Å². The van der Waals surface area contributed by atoms with Crippen molar-refractivity contribution in [2.45, 2.75) is 65.1 Å². The van der Waals surface area contributed by atoms with Crippen LogP contribution >= 0.6 is 0 Å². The zero-order chi connectivity index (χ0) is 30.0. The average molecular weight is 553 g/mol. The first-order valence-electron chi connectivity index (χ1n) is 13.0. The second-order valence-electron chi connectivity index (χ2n) is 10.4. The van der Waals surface area contributed by atoms with Gasteiger partial charge in [0.25, 0.3) is 5.91 Å². The Morgan fingerprint density at radius 2 is 1.70 bits per heavy atom. The molecule has 0 saturated carbocycles. The summed E-state index contributed by atoms with van der Waals surface area (Å²) in [4.78, 5) is 53.4. The van der Waals surface area contributed by atoms with Crippen molar-refractivity contribution in [2.24, 2.45) is 5.73 Å². The molecule has 0 aromatic heterocycles. The summed E-state index contributed by atoms with van der Waals surface area (Å²) in [5, 5.41) is 5.43. The lowest BCUT2D eigenvalue weighted by Gasteiger charge is -2.34. The summed E-state index contributed by atoms with van der Waals surface area (Å²) in [6, 6.07) is 10.0. The van der Waals surface area contributed by atoms with Crippen molar-refractivity contribution in [1.29, 1.82) is 0 Å². The first-order valence-corrected chi connectivity index (χ1v) is 13.0. The predicted octanol–water partition coefficient (Wildman–Crippen LogP) is 4.17. The molecule has 4 amide bonds. The first kappa shape index (κ1) is 31.9. The number of hydrogen-bond acceptors (Lipinski definition) is 6. The molecule has 10 nitrogen and oxygen atoms in total. The Labute approximate surface area is 235 Å². The third-order valence-electron chi connectivity index (χ3n) is 6.04. The van der Waals surface area contributed by atoms with Crippen molar-refractivity contribution in [3.63, 3.8) is 0 Å². The van der Waals surface area contributed by atoms with Gasteiger partial charge >= 0.3 is 6.09 Å². The molecule has 4 N–H and O–H groups in total. The number of rotatable bonds is 12. The third kappa shape index (κ3) is 9.44. The van der Waals surface area contributed by atoms with Crippen LogP contribution < -0.4 is 21.1 Å². The molecule has 2 unspecified atom stereocenters. The van der Waals surface area contributed by atoms with Gasteiger partial charge in [0, 0.05) is 18.7 Å². The Morgan fingerprint density at radius 3 is 2.23 bits per heavy atom. The Morgan fingerprint density at radius 1 is 1.05 bits per heavy atom. The van der Waals surface area contributed by atoms with Gasteiger partial charge < -0.3 is 30.7 Å². The van der Waals surface area contributed by atoms with E-state index in [9.17, 15) is 19.2 Å². The van der Waals surface area contributed by atoms with Crippen molar-refractivity contribution >= 4 is 29.5 Å². The molecule has 2 atom stereocenters. The SMILES string of the molecule is C=CCN(C(=O)C(CCC(N)=O)NC(=O)OC(C)(C)C)C(C(=O)Nc1ccc(OC)cc1)c1ccc(C)c(C)c1. The molecule has 216 valence electrons. The van der Waals surface area contributed by atoms with E-state index in [1.54, 1.807) is 58.2 Å². The minimum atomic E-state index is -1.19. The lowest BCUT2D eigenvalue weighted by atomic mass is 9.97. The van der Waals surface area contributed by atoms with Crippen molar-refractivity contribution in [1.82, 2.24) is 10.2 Å². The van der Waals surface area contributed by atoms with E-state index in [1.807, 2.05) is 26.0 Å². The van der Waals surface area contributed by atoms with Crippen LogP contribution in [0.25, 0.3) is 0 Å². The lowest BCUT2D eigenvalue weighted by Crippen LogP contribution is -2.52. The van der Waals surface area contributed by atoms with Crippen LogP contribution in [0, 0.1) is 13.8 Å². The van der Waals surface area contributed by atoms with E-state index in [4.69, 9.17) is 15.2 Å². The fraction of sp³-hybridized carbons (Fsp3) is 0.400. The number of aryl methyl sites for hydroxylation is 2. The van der Waals surface area contributed by atoms with Crippen LogP contribution in [0.5, 0.6) is 5.75 Å². The number of hydrogen-bond donors (Lipinski definition) is 3. The number of nitrogens with two attached hydrogens (primary N) is 1. The quantitative estimate of drug-likeness (QED) is 0.338. The van der Waals surface area contributed by atoms with Crippen LogP contribution in [-0.2, 0) is 19.1 Å². The second-order valence-corrected chi connectivity index (χ2v) is 10.4. The van der Waals surface area contributed by atoms with Crippen molar-refractivity contribution < 1.29 is 28.7 Å². The van der Waals surface area contributed by atoms with E-state index < -0.39 is 41.5 Å². The van der Waals surface area contributed by atoms with Gasteiger partial charge in [0.1, 0.15) is 23.4 Å². The summed E-state index contributed by atoms with van der Waals surface area (Å²) in [6.45, 7) is 12.7. The third-order valence-corrected chi connectivity index (χ3v) is 6.04. The Bertz CT molecular complexity index is 1220. The monoisotopic (exact) mass is 552 g/mol. The van der Waals surface area contributed by atoms with Crippen LogP contribution in [-0.4, -0.2) is 54.0 Å². The number of anilines is 1. The number of benzene rings is 2. The van der Waals surface area contributed by atoms with E-state index in [-0.39, 0.29) is 19.4 Å². The molecule has 0 aliphatic carbocycles. The molecule has 0 bridgehead atoms. The summed E-state index contributed by atoms with van der Waals surface area (Å²) in [5.41, 5.74) is 7.55. The Balaban J connectivity index is 2.53. The van der Waals surface area contributed by atoms with Gasteiger partial charge in [-0.1, -0.05) is 24.3 Å².